The van der Waals surface area contributed by atoms with Crippen LogP contribution in [0, 0.1) is 11.3 Å². The van der Waals surface area contributed by atoms with Gasteiger partial charge in [0.15, 0.2) is 0 Å². The van der Waals surface area contributed by atoms with Crippen LogP contribution in [-0.4, -0.2) is 15.0 Å². The van der Waals surface area contributed by atoms with Gasteiger partial charge in [-0.25, -0.2) is 4.98 Å². The van der Waals surface area contributed by atoms with Gasteiger partial charge >= 0.3 is 0 Å². The first-order valence-electron chi connectivity index (χ1n) is 7.60. The van der Waals surface area contributed by atoms with E-state index in [0.717, 1.165) is 42.1 Å². The van der Waals surface area contributed by atoms with Crippen molar-refractivity contribution in [1.82, 2.24) is 15.0 Å². The van der Waals surface area contributed by atoms with E-state index in [1.54, 1.807) is 18.5 Å². The third kappa shape index (κ3) is 2.49. The van der Waals surface area contributed by atoms with E-state index >= 15 is 0 Å². The molecule has 3 heterocycles. The molecule has 4 rings (SSSR count). The monoisotopic (exact) mass is 302 g/mol. The number of rotatable bonds is 2. The molecule has 0 amide bonds. The molecule has 0 fully saturated rings. The second-order valence-corrected chi connectivity index (χ2v) is 5.59. The van der Waals surface area contributed by atoms with Crippen LogP contribution in [0.15, 0.2) is 47.1 Å². The normalized spacial score (nSPS) is 16.6. The van der Waals surface area contributed by atoms with Crippen LogP contribution in [0.4, 0.5) is 0 Å². The highest BCUT2D eigenvalue weighted by molar-refractivity contribution is 5.47. The fourth-order valence-electron chi connectivity index (χ4n) is 3.04. The Labute approximate surface area is 133 Å². The molecular formula is C18H14N4O. The maximum absolute atomic E-state index is 9.26. The first-order chi connectivity index (χ1) is 11.3. The molecule has 3 aromatic heterocycles. The predicted molar refractivity (Wildman–Crippen MR) is 83.5 cm³/mol. The molecule has 0 N–H and O–H groups in total. The molecule has 112 valence electrons. The van der Waals surface area contributed by atoms with Crippen LogP contribution in [-0.2, 0) is 12.8 Å². The Hall–Kier alpha value is -3.00. The lowest BCUT2D eigenvalue weighted by atomic mass is 9.86. The molecule has 0 saturated heterocycles. The molecule has 1 atom stereocenters. The summed E-state index contributed by atoms with van der Waals surface area (Å²) in [6, 6.07) is 11.5. The average molecular weight is 302 g/mol. The quantitative estimate of drug-likeness (QED) is 0.726. The van der Waals surface area contributed by atoms with Gasteiger partial charge in [0.2, 0.25) is 5.89 Å². The zero-order valence-electron chi connectivity index (χ0n) is 12.4. The summed E-state index contributed by atoms with van der Waals surface area (Å²) >= 11 is 0. The summed E-state index contributed by atoms with van der Waals surface area (Å²) in [5.41, 5.74) is 3.24. The van der Waals surface area contributed by atoms with Crippen molar-refractivity contribution in [3.8, 4) is 17.7 Å². The molecule has 0 saturated carbocycles. The molecule has 0 radical (unpaired) electrons. The molecule has 0 bridgehead atoms. The van der Waals surface area contributed by atoms with Crippen molar-refractivity contribution in [2.75, 3.05) is 0 Å². The Morgan fingerprint density at radius 1 is 1.13 bits per heavy atom. The number of nitrogens with zero attached hydrogens (tertiary/aromatic N) is 4. The highest BCUT2D eigenvalue weighted by Gasteiger charge is 2.28. The summed E-state index contributed by atoms with van der Waals surface area (Å²) in [6.07, 6.45) is 5.95. The van der Waals surface area contributed by atoms with Gasteiger partial charge in [-0.2, -0.15) is 5.26 Å². The number of aromatic nitrogens is 3. The number of aryl methyl sites for hydroxylation is 1. The number of fused-ring (bicyclic) bond motifs is 1. The van der Waals surface area contributed by atoms with Crippen molar-refractivity contribution in [3.05, 3.63) is 65.4 Å². The van der Waals surface area contributed by atoms with Crippen LogP contribution < -0.4 is 0 Å². The zero-order chi connectivity index (χ0) is 15.6. The molecule has 1 aliphatic rings. The van der Waals surface area contributed by atoms with E-state index in [9.17, 15) is 5.26 Å². The molecule has 0 aromatic carbocycles. The summed E-state index contributed by atoms with van der Waals surface area (Å²) < 4.78 is 5.93. The van der Waals surface area contributed by atoms with Crippen LogP contribution in [0.1, 0.15) is 35.1 Å². The standard InChI is InChI=1S/C18H14N4O/c19-11-13-4-3-9-21-17(13)12-6-7-14-16(10-12)23-18(22-14)15-5-1-2-8-20-15/h1-5,8-9,12H,6-7,10H2. The predicted octanol–water partition coefficient (Wildman–Crippen LogP) is 3.28. The fraction of sp³-hybridized carbons (Fsp3) is 0.222. The lowest BCUT2D eigenvalue weighted by molar-refractivity contribution is 0.452. The summed E-state index contributed by atoms with van der Waals surface area (Å²) in [7, 11) is 0. The first kappa shape index (κ1) is 13.6. The SMILES string of the molecule is N#Cc1cccnc1C1CCc2nc(-c3ccccn3)oc2C1. The summed E-state index contributed by atoms with van der Waals surface area (Å²) in [4.78, 5) is 13.3. The molecule has 5 heteroatoms. The maximum atomic E-state index is 9.26. The van der Waals surface area contributed by atoms with Crippen molar-refractivity contribution >= 4 is 0 Å². The minimum Gasteiger partial charge on any atom is -0.440 e. The van der Waals surface area contributed by atoms with Gasteiger partial charge in [-0.15, -0.1) is 0 Å². The van der Waals surface area contributed by atoms with E-state index in [0.29, 0.717) is 11.5 Å². The highest BCUT2D eigenvalue weighted by Crippen LogP contribution is 2.34. The highest BCUT2D eigenvalue weighted by atomic mass is 16.4. The molecule has 1 unspecified atom stereocenters. The lowest BCUT2D eigenvalue weighted by Gasteiger charge is -2.20. The van der Waals surface area contributed by atoms with Crippen LogP contribution in [0.3, 0.4) is 0 Å². The van der Waals surface area contributed by atoms with Gasteiger partial charge in [0.1, 0.15) is 17.5 Å². The van der Waals surface area contributed by atoms with Crippen molar-refractivity contribution in [3.63, 3.8) is 0 Å². The van der Waals surface area contributed by atoms with E-state index < -0.39 is 0 Å². The van der Waals surface area contributed by atoms with E-state index in [4.69, 9.17) is 4.42 Å². The van der Waals surface area contributed by atoms with Gasteiger partial charge in [-0.3, -0.25) is 9.97 Å². The summed E-state index contributed by atoms with van der Waals surface area (Å²) in [6.45, 7) is 0. The number of pyridine rings is 2. The summed E-state index contributed by atoms with van der Waals surface area (Å²) in [5, 5.41) is 9.26. The zero-order valence-corrected chi connectivity index (χ0v) is 12.4. The van der Waals surface area contributed by atoms with Crippen LogP contribution in [0.5, 0.6) is 0 Å². The summed E-state index contributed by atoms with van der Waals surface area (Å²) in [5.74, 6) is 1.65. The van der Waals surface area contributed by atoms with Gasteiger partial charge in [0.05, 0.1) is 17.0 Å². The van der Waals surface area contributed by atoms with E-state index in [1.165, 1.54) is 0 Å². The number of hydrogen-bond donors (Lipinski definition) is 0. The molecule has 23 heavy (non-hydrogen) atoms. The van der Waals surface area contributed by atoms with Crippen molar-refractivity contribution in [2.45, 2.75) is 25.2 Å². The maximum Gasteiger partial charge on any atom is 0.245 e. The van der Waals surface area contributed by atoms with Crippen molar-refractivity contribution in [2.24, 2.45) is 0 Å². The van der Waals surface area contributed by atoms with Crippen LogP contribution >= 0.6 is 0 Å². The van der Waals surface area contributed by atoms with Crippen molar-refractivity contribution in [1.29, 1.82) is 5.26 Å². The van der Waals surface area contributed by atoms with E-state index in [1.807, 2.05) is 24.3 Å². The lowest BCUT2D eigenvalue weighted by Crippen LogP contribution is -2.14. The Kier molecular flexibility index (Phi) is 3.35. The third-order valence-corrected chi connectivity index (χ3v) is 4.17. The molecule has 1 aliphatic carbocycles. The second-order valence-electron chi connectivity index (χ2n) is 5.59. The topological polar surface area (TPSA) is 75.6 Å². The first-order valence-corrected chi connectivity index (χ1v) is 7.60. The Morgan fingerprint density at radius 3 is 2.87 bits per heavy atom. The van der Waals surface area contributed by atoms with Crippen LogP contribution in [0.25, 0.3) is 11.6 Å². The Balaban J connectivity index is 1.65. The molecule has 0 spiro atoms. The van der Waals surface area contributed by atoms with E-state index in [2.05, 4.69) is 21.0 Å². The molecule has 5 nitrogen and oxygen atoms in total. The number of nitriles is 1. The van der Waals surface area contributed by atoms with Gasteiger partial charge < -0.3 is 4.42 Å². The second kappa shape index (κ2) is 5.65. The molecule has 3 aromatic rings. The van der Waals surface area contributed by atoms with Gasteiger partial charge in [0.25, 0.3) is 0 Å². The smallest absolute Gasteiger partial charge is 0.245 e. The van der Waals surface area contributed by atoms with Gasteiger partial charge in [-0.1, -0.05) is 6.07 Å². The Morgan fingerprint density at radius 2 is 2.04 bits per heavy atom. The third-order valence-electron chi connectivity index (χ3n) is 4.17. The Bertz CT molecular complexity index is 880. The van der Waals surface area contributed by atoms with Gasteiger partial charge in [-0.05, 0) is 37.1 Å². The number of hydrogen-bond acceptors (Lipinski definition) is 5. The molecular weight excluding hydrogens is 288 g/mol. The largest absolute Gasteiger partial charge is 0.440 e. The van der Waals surface area contributed by atoms with E-state index in [-0.39, 0.29) is 5.92 Å². The number of oxazole rings is 1. The average Bonchev–Trinajstić information content (AvgIpc) is 3.05. The fourth-order valence-corrected chi connectivity index (χ4v) is 3.04. The van der Waals surface area contributed by atoms with Gasteiger partial charge in [0, 0.05) is 24.7 Å². The minimum absolute atomic E-state index is 0.197. The van der Waals surface area contributed by atoms with Crippen LogP contribution in [0.2, 0.25) is 0 Å². The minimum atomic E-state index is 0.197. The molecule has 0 aliphatic heterocycles. The van der Waals surface area contributed by atoms with Crippen molar-refractivity contribution < 1.29 is 4.42 Å².